The van der Waals surface area contributed by atoms with Gasteiger partial charge in [0.15, 0.2) is 0 Å². The first-order chi connectivity index (χ1) is 6.88. The smallest absolute Gasteiger partial charge is 0.257 e. The van der Waals surface area contributed by atoms with Crippen LogP contribution in [0.25, 0.3) is 12.2 Å². The number of hydrogen-bond acceptors (Lipinski definition) is 4. The lowest BCUT2D eigenvalue weighted by Crippen LogP contribution is -2.25. The summed E-state index contributed by atoms with van der Waals surface area (Å²) in [5, 5.41) is 10.3. The van der Waals surface area contributed by atoms with Gasteiger partial charge >= 0.3 is 0 Å². The third kappa shape index (κ3) is 0.856. The Morgan fingerprint density at radius 2 is 2.21 bits per heavy atom. The van der Waals surface area contributed by atoms with E-state index in [-0.39, 0.29) is 5.88 Å². The molecule has 2 aliphatic rings. The molecule has 4 heteroatoms. The van der Waals surface area contributed by atoms with Crippen molar-refractivity contribution in [2.75, 3.05) is 0 Å². The zero-order chi connectivity index (χ0) is 9.54. The quantitative estimate of drug-likeness (QED) is 0.516. The number of benzene rings is 1. The zero-order valence-corrected chi connectivity index (χ0v) is 7.14. The Balaban J connectivity index is 2.37. The number of aliphatic imine (C=N–C) groups is 1. The van der Waals surface area contributed by atoms with Crippen molar-refractivity contribution in [3.05, 3.63) is 34.2 Å². The third-order valence-electron chi connectivity index (χ3n) is 2.27. The van der Waals surface area contributed by atoms with Gasteiger partial charge in [-0.05, 0) is 12.1 Å². The van der Waals surface area contributed by atoms with Gasteiger partial charge in [-0.3, -0.25) is 4.99 Å². The van der Waals surface area contributed by atoms with Gasteiger partial charge in [0.05, 0.1) is 11.0 Å². The van der Waals surface area contributed by atoms with Crippen molar-refractivity contribution in [1.82, 2.24) is 0 Å². The van der Waals surface area contributed by atoms with Gasteiger partial charge in [0.25, 0.3) is 5.88 Å². The summed E-state index contributed by atoms with van der Waals surface area (Å²) in [7, 11) is 0. The number of hydrogen-bond donors (Lipinski definition) is 1. The van der Waals surface area contributed by atoms with Gasteiger partial charge in [0, 0.05) is 23.1 Å². The predicted molar refractivity (Wildman–Crippen MR) is 51.5 cm³/mol. The lowest BCUT2D eigenvalue weighted by molar-refractivity contribution is -0.202. The zero-order valence-electron chi connectivity index (χ0n) is 7.14. The second-order valence-electron chi connectivity index (χ2n) is 3.07. The SMILES string of the molecule is OOC1=Cc2ccc3c(c2=N1)=CC=N3. The Hall–Kier alpha value is -1.94. The molecule has 0 bridgehead atoms. The maximum Gasteiger partial charge on any atom is 0.257 e. The Kier molecular flexibility index (Phi) is 1.35. The van der Waals surface area contributed by atoms with Crippen LogP contribution in [0.4, 0.5) is 5.69 Å². The molecule has 0 saturated carbocycles. The fourth-order valence-corrected chi connectivity index (χ4v) is 1.65. The van der Waals surface area contributed by atoms with Crippen LogP contribution in [0.5, 0.6) is 0 Å². The summed E-state index contributed by atoms with van der Waals surface area (Å²) in [5.74, 6) is 0.216. The van der Waals surface area contributed by atoms with Crippen molar-refractivity contribution in [1.29, 1.82) is 0 Å². The van der Waals surface area contributed by atoms with E-state index >= 15 is 0 Å². The highest BCUT2D eigenvalue weighted by Crippen LogP contribution is 2.13. The van der Waals surface area contributed by atoms with Crippen LogP contribution < -0.4 is 10.6 Å². The molecule has 0 radical (unpaired) electrons. The summed E-state index contributed by atoms with van der Waals surface area (Å²) in [6.07, 6.45) is 5.31. The van der Waals surface area contributed by atoms with Crippen molar-refractivity contribution >= 4 is 24.1 Å². The van der Waals surface area contributed by atoms with Crippen LogP contribution in [0.3, 0.4) is 0 Å². The molecule has 0 spiro atoms. The van der Waals surface area contributed by atoms with E-state index in [1.54, 1.807) is 12.3 Å². The summed E-state index contributed by atoms with van der Waals surface area (Å²) >= 11 is 0. The minimum absolute atomic E-state index is 0.216. The molecule has 4 nitrogen and oxygen atoms in total. The molecule has 0 atom stereocenters. The van der Waals surface area contributed by atoms with E-state index in [9.17, 15) is 0 Å². The molecule has 1 aromatic carbocycles. The molecule has 1 aromatic rings. The van der Waals surface area contributed by atoms with Crippen LogP contribution >= 0.6 is 0 Å². The number of rotatable bonds is 1. The first-order valence-electron chi connectivity index (χ1n) is 4.18. The van der Waals surface area contributed by atoms with Crippen LogP contribution in [0.15, 0.2) is 28.0 Å². The predicted octanol–water partition coefficient (Wildman–Crippen LogP) is 0.604. The lowest BCUT2D eigenvalue weighted by atomic mass is 10.1. The van der Waals surface area contributed by atoms with E-state index in [0.29, 0.717) is 0 Å². The second kappa shape index (κ2) is 2.52. The summed E-state index contributed by atoms with van der Waals surface area (Å²) < 4.78 is 0. The van der Waals surface area contributed by atoms with Gasteiger partial charge in [-0.25, -0.2) is 10.2 Å². The maximum absolute atomic E-state index is 8.48. The van der Waals surface area contributed by atoms with Gasteiger partial charge in [-0.2, -0.15) is 0 Å². The van der Waals surface area contributed by atoms with Crippen molar-refractivity contribution in [3.63, 3.8) is 0 Å². The fraction of sp³-hybridized carbons (Fsp3) is 0. The highest BCUT2D eigenvalue weighted by molar-refractivity contribution is 5.97. The molecular formula is C10H6N2O2. The molecule has 0 aliphatic carbocycles. The highest BCUT2D eigenvalue weighted by atomic mass is 17.1. The topological polar surface area (TPSA) is 54.2 Å². The molecule has 0 amide bonds. The largest absolute Gasteiger partial charge is 0.319 e. The molecule has 68 valence electrons. The average molecular weight is 186 g/mol. The molecular weight excluding hydrogens is 180 g/mol. The minimum Gasteiger partial charge on any atom is -0.319 e. The van der Waals surface area contributed by atoms with Crippen LogP contribution in [0, 0.1) is 0 Å². The molecule has 2 aliphatic heterocycles. The number of nitrogens with zero attached hydrogens (tertiary/aromatic N) is 2. The fourth-order valence-electron chi connectivity index (χ4n) is 1.65. The Morgan fingerprint density at radius 1 is 1.29 bits per heavy atom. The first kappa shape index (κ1) is 7.46. The van der Waals surface area contributed by atoms with Crippen LogP contribution in [-0.4, -0.2) is 11.5 Å². The lowest BCUT2D eigenvalue weighted by Gasteiger charge is -1.92. The summed E-state index contributed by atoms with van der Waals surface area (Å²) in [5.41, 5.74) is 1.84. The molecule has 0 fully saturated rings. The standard InChI is InChI=1S/C10H6N2O2/c13-14-9-5-6-1-2-8-7(3-4-11-8)10(6)12-9/h1-5,13H. The van der Waals surface area contributed by atoms with E-state index in [2.05, 4.69) is 14.9 Å². The van der Waals surface area contributed by atoms with E-state index in [1.807, 2.05) is 18.2 Å². The Morgan fingerprint density at radius 3 is 3.07 bits per heavy atom. The van der Waals surface area contributed by atoms with Crippen LogP contribution in [0.1, 0.15) is 5.56 Å². The van der Waals surface area contributed by atoms with Gasteiger partial charge in [0.2, 0.25) is 0 Å². The van der Waals surface area contributed by atoms with Gasteiger partial charge in [-0.1, -0.05) is 6.07 Å². The molecule has 0 saturated heterocycles. The van der Waals surface area contributed by atoms with Gasteiger partial charge in [0.1, 0.15) is 0 Å². The van der Waals surface area contributed by atoms with E-state index in [4.69, 9.17) is 5.26 Å². The first-order valence-corrected chi connectivity index (χ1v) is 4.18. The van der Waals surface area contributed by atoms with E-state index < -0.39 is 0 Å². The van der Waals surface area contributed by atoms with Gasteiger partial charge < -0.3 is 4.89 Å². The second-order valence-corrected chi connectivity index (χ2v) is 3.07. The van der Waals surface area contributed by atoms with Crippen LogP contribution in [-0.2, 0) is 4.89 Å². The summed E-state index contributed by atoms with van der Waals surface area (Å²) in [6, 6.07) is 3.82. The summed E-state index contributed by atoms with van der Waals surface area (Å²) in [4.78, 5) is 12.4. The molecule has 2 heterocycles. The normalized spacial score (nSPS) is 15.4. The van der Waals surface area contributed by atoms with Crippen molar-refractivity contribution < 1.29 is 10.1 Å². The molecule has 0 aromatic heterocycles. The molecule has 0 unspecified atom stereocenters. The third-order valence-corrected chi connectivity index (χ3v) is 2.27. The Bertz CT molecular complexity index is 585. The highest BCUT2D eigenvalue weighted by Gasteiger charge is 2.11. The minimum atomic E-state index is 0.216. The molecule has 1 N–H and O–H groups in total. The summed E-state index contributed by atoms with van der Waals surface area (Å²) in [6.45, 7) is 0. The molecule has 14 heavy (non-hydrogen) atoms. The van der Waals surface area contributed by atoms with E-state index in [1.165, 1.54) is 0 Å². The van der Waals surface area contributed by atoms with Gasteiger partial charge in [-0.15, -0.1) is 0 Å². The monoisotopic (exact) mass is 186 g/mol. The van der Waals surface area contributed by atoms with Crippen molar-refractivity contribution in [3.8, 4) is 0 Å². The number of fused-ring (bicyclic) bond motifs is 3. The van der Waals surface area contributed by atoms with Crippen molar-refractivity contribution in [2.24, 2.45) is 9.98 Å². The molecule has 3 rings (SSSR count). The van der Waals surface area contributed by atoms with E-state index in [0.717, 1.165) is 21.8 Å². The maximum atomic E-state index is 8.48. The Labute approximate surface area is 79.1 Å². The average Bonchev–Trinajstić information content (AvgIpc) is 2.82. The van der Waals surface area contributed by atoms with Crippen LogP contribution in [0.2, 0.25) is 0 Å². The van der Waals surface area contributed by atoms with Crippen molar-refractivity contribution in [2.45, 2.75) is 0 Å².